The SMILES string of the molecule is CCOC(=O)C(NC1CCCCC1)c1cccc(C)c1C. The van der Waals surface area contributed by atoms with E-state index in [9.17, 15) is 4.79 Å². The molecule has 2 rings (SSSR count). The Bertz CT molecular complexity index is 478. The van der Waals surface area contributed by atoms with E-state index in [-0.39, 0.29) is 12.0 Å². The number of nitrogens with one attached hydrogen (secondary N) is 1. The van der Waals surface area contributed by atoms with Gasteiger partial charge >= 0.3 is 5.97 Å². The molecule has 116 valence electrons. The molecular formula is C18H27NO2. The zero-order valence-electron chi connectivity index (χ0n) is 13.4. The van der Waals surface area contributed by atoms with Gasteiger partial charge in [0.1, 0.15) is 6.04 Å². The molecule has 1 unspecified atom stereocenters. The molecule has 21 heavy (non-hydrogen) atoms. The van der Waals surface area contributed by atoms with Crippen LogP contribution >= 0.6 is 0 Å². The number of carbonyl (C=O) groups is 1. The number of carbonyl (C=O) groups excluding carboxylic acids is 1. The molecule has 1 aromatic rings. The Hall–Kier alpha value is -1.35. The van der Waals surface area contributed by atoms with E-state index < -0.39 is 0 Å². The normalized spacial score (nSPS) is 17.5. The number of ether oxygens (including phenoxy) is 1. The molecule has 1 saturated carbocycles. The molecule has 0 bridgehead atoms. The highest BCUT2D eigenvalue weighted by Gasteiger charge is 2.27. The van der Waals surface area contributed by atoms with Gasteiger partial charge in [-0.3, -0.25) is 5.32 Å². The van der Waals surface area contributed by atoms with Crippen LogP contribution in [0.2, 0.25) is 0 Å². The third-order valence-electron chi connectivity index (χ3n) is 4.49. The smallest absolute Gasteiger partial charge is 0.327 e. The van der Waals surface area contributed by atoms with Crippen molar-refractivity contribution in [2.75, 3.05) is 6.61 Å². The fourth-order valence-electron chi connectivity index (χ4n) is 3.10. The highest BCUT2D eigenvalue weighted by atomic mass is 16.5. The molecule has 3 nitrogen and oxygen atoms in total. The molecule has 1 aliphatic carbocycles. The molecule has 0 radical (unpaired) electrons. The number of rotatable bonds is 5. The minimum absolute atomic E-state index is 0.156. The summed E-state index contributed by atoms with van der Waals surface area (Å²) in [6.45, 7) is 6.45. The fourth-order valence-corrected chi connectivity index (χ4v) is 3.10. The lowest BCUT2D eigenvalue weighted by molar-refractivity contribution is -0.146. The minimum atomic E-state index is -0.340. The Balaban J connectivity index is 2.22. The van der Waals surface area contributed by atoms with Gasteiger partial charge in [0.25, 0.3) is 0 Å². The van der Waals surface area contributed by atoms with Crippen molar-refractivity contribution >= 4 is 5.97 Å². The van der Waals surface area contributed by atoms with Gasteiger partial charge in [0.2, 0.25) is 0 Å². The topological polar surface area (TPSA) is 38.3 Å². The van der Waals surface area contributed by atoms with Gasteiger partial charge in [-0.15, -0.1) is 0 Å². The van der Waals surface area contributed by atoms with Crippen molar-refractivity contribution in [1.82, 2.24) is 5.32 Å². The number of hydrogen-bond donors (Lipinski definition) is 1. The van der Waals surface area contributed by atoms with E-state index in [1.54, 1.807) is 0 Å². The van der Waals surface area contributed by atoms with Crippen LogP contribution in [0, 0.1) is 13.8 Å². The highest BCUT2D eigenvalue weighted by molar-refractivity contribution is 5.78. The Kier molecular flexibility index (Phi) is 5.80. The molecule has 0 spiro atoms. The molecule has 0 aromatic heterocycles. The second-order valence-electron chi connectivity index (χ2n) is 5.98. The molecule has 1 aliphatic rings. The maximum absolute atomic E-state index is 12.4. The van der Waals surface area contributed by atoms with Crippen LogP contribution in [-0.4, -0.2) is 18.6 Å². The lowest BCUT2D eigenvalue weighted by atomic mass is 9.92. The van der Waals surface area contributed by atoms with E-state index in [4.69, 9.17) is 4.74 Å². The molecule has 1 fully saturated rings. The summed E-state index contributed by atoms with van der Waals surface area (Å²) in [6.07, 6.45) is 6.12. The van der Waals surface area contributed by atoms with Crippen molar-refractivity contribution in [2.45, 2.75) is 65.0 Å². The van der Waals surface area contributed by atoms with E-state index >= 15 is 0 Å². The van der Waals surface area contributed by atoms with Crippen molar-refractivity contribution in [3.8, 4) is 0 Å². The summed E-state index contributed by atoms with van der Waals surface area (Å²) in [4.78, 5) is 12.4. The predicted octanol–water partition coefficient (Wildman–Crippen LogP) is 3.83. The van der Waals surface area contributed by atoms with Crippen LogP contribution in [0.15, 0.2) is 18.2 Å². The van der Waals surface area contributed by atoms with Crippen LogP contribution < -0.4 is 5.32 Å². The van der Waals surface area contributed by atoms with Crippen molar-refractivity contribution in [3.63, 3.8) is 0 Å². The second-order valence-corrected chi connectivity index (χ2v) is 5.98. The van der Waals surface area contributed by atoms with Crippen molar-refractivity contribution in [2.24, 2.45) is 0 Å². The van der Waals surface area contributed by atoms with E-state index in [1.165, 1.54) is 30.4 Å². The van der Waals surface area contributed by atoms with E-state index in [0.29, 0.717) is 12.6 Å². The molecule has 3 heteroatoms. The fraction of sp³-hybridized carbons (Fsp3) is 0.611. The van der Waals surface area contributed by atoms with Gasteiger partial charge in [0, 0.05) is 6.04 Å². The van der Waals surface area contributed by atoms with Crippen LogP contribution in [0.3, 0.4) is 0 Å². The molecule has 0 aliphatic heterocycles. The van der Waals surface area contributed by atoms with Crippen LogP contribution in [0.5, 0.6) is 0 Å². The van der Waals surface area contributed by atoms with Crippen molar-refractivity contribution < 1.29 is 9.53 Å². The average molecular weight is 289 g/mol. The maximum atomic E-state index is 12.4. The monoisotopic (exact) mass is 289 g/mol. The summed E-state index contributed by atoms with van der Waals surface area (Å²) in [5.74, 6) is -0.156. The molecule has 0 saturated heterocycles. The average Bonchev–Trinajstić information content (AvgIpc) is 2.49. The molecule has 1 N–H and O–H groups in total. The number of hydrogen-bond acceptors (Lipinski definition) is 3. The summed E-state index contributed by atoms with van der Waals surface area (Å²) >= 11 is 0. The summed E-state index contributed by atoms with van der Waals surface area (Å²) in [5, 5.41) is 3.55. The third kappa shape index (κ3) is 4.07. The van der Waals surface area contributed by atoms with Gasteiger partial charge in [-0.1, -0.05) is 37.5 Å². The molecule has 1 atom stereocenters. The number of esters is 1. The summed E-state index contributed by atoms with van der Waals surface area (Å²) < 4.78 is 5.29. The first-order valence-corrected chi connectivity index (χ1v) is 8.12. The Morgan fingerprint density at radius 3 is 2.67 bits per heavy atom. The van der Waals surface area contributed by atoms with Crippen LogP contribution in [0.25, 0.3) is 0 Å². The minimum Gasteiger partial charge on any atom is -0.465 e. The Morgan fingerprint density at radius 2 is 2.00 bits per heavy atom. The van der Waals surface area contributed by atoms with Gasteiger partial charge in [-0.05, 0) is 50.3 Å². The molecule has 0 heterocycles. The summed E-state index contributed by atoms with van der Waals surface area (Å²) in [7, 11) is 0. The van der Waals surface area contributed by atoms with E-state index in [1.807, 2.05) is 19.1 Å². The van der Waals surface area contributed by atoms with Gasteiger partial charge in [0.15, 0.2) is 0 Å². The lowest BCUT2D eigenvalue weighted by Gasteiger charge is -2.28. The summed E-state index contributed by atoms with van der Waals surface area (Å²) in [6, 6.07) is 6.23. The second kappa shape index (κ2) is 7.60. The molecule has 0 amide bonds. The largest absolute Gasteiger partial charge is 0.465 e. The van der Waals surface area contributed by atoms with E-state index in [0.717, 1.165) is 18.4 Å². The zero-order chi connectivity index (χ0) is 15.2. The van der Waals surface area contributed by atoms with Crippen molar-refractivity contribution in [3.05, 3.63) is 34.9 Å². The third-order valence-corrected chi connectivity index (χ3v) is 4.49. The highest BCUT2D eigenvalue weighted by Crippen LogP contribution is 2.25. The molecular weight excluding hydrogens is 262 g/mol. The summed E-state index contributed by atoms with van der Waals surface area (Å²) in [5.41, 5.74) is 3.45. The van der Waals surface area contributed by atoms with Gasteiger partial charge < -0.3 is 4.74 Å². The first-order valence-electron chi connectivity index (χ1n) is 8.12. The van der Waals surface area contributed by atoms with Crippen molar-refractivity contribution in [1.29, 1.82) is 0 Å². The molecule has 1 aromatic carbocycles. The maximum Gasteiger partial charge on any atom is 0.327 e. The van der Waals surface area contributed by atoms with Crippen LogP contribution in [0.4, 0.5) is 0 Å². The lowest BCUT2D eigenvalue weighted by Crippen LogP contribution is -2.39. The van der Waals surface area contributed by atoms with E-state index in [2.05, 4.69) is 25.2 Å². The zero-order valence-corrected chi connectivity index (χ0v) is 13.4. The first kappa shape index (κ1) is 16.0. The Labute approximate surface area is 128 Å². The van der Waals surface area contributed by atoms with Gasteiger partial charge in [-0.2, -0.15) is 0 Å². The number of aryl methyl sites for hydroxylation is 1. The van der Waals surface area contributed by atoms with Crippen LogP contribution in [-0.2, 0) is 9.53 Å². The number of benzene rings is 1. The predicted molar refractivity (Wildman–Crippen MR) is 85.3 cm³/mol. The van der Waals surface area contributed by atoms with Gasteiger partial charge in [0.05, 0.1) is 6.61 Å². The quantitative estimate of drug-likeness (QED) is 0.837. The first-order chi connectivity index (χ1) is 10.1. The standard InChI is InChI=1S/C18H27NO2/c1-4-21-18(20)17(19-15-10-6-5-7-11-15)16-12-8-9-13(2)14(16)3/h8-9,12,15,17,19H,4-7,10-11H2,1-3H3. The van der Waals surface area contributed by atoms with Crippen LogP contribution in [0.1, 0.15) is 61.8 Å². The van der Waals surface area contributed by atoms with Gasteiger partial charge in [-0.25, -0.2) is 4.79 Å². The Morgan fingerprint density at radius 1 is 1.29 bits per heavy atom.